The van der Waals surface area contributed by atoms with E-state index in [1.165, 1.54) is 6.07 Å². The third-order valence-corrected chi connectivity index (χ3v) is 3.88. The van der Waals surface area contributed by atoms with Gasteiger partial charge in [-0.15, -0.1) is 11.8 Å². The highest BCUT2D eigenvalue weighted by Gasteiger charge is 2.18. The van der Waals surface area contributed by atoms with Gasteiger partial charge in [0.1, 0.15) is 17.7 Å². The monoisotopic (exact) mass is 323 g/mol. The summed E-state index contributed by atoms with van der Waals surface area (Å²) in [5, 5.41) is 12.3. The van der Waals surface area contributed by atoms with Crippen LogP contribution in [0, 0.1) is 11.6 Å². The van der Waals surface area contributed by atoms with Gasteiger partial charge in [-0.05, 0) is 42.7 Å². The third kappa shape index (κ3) is 3.84. The number of carbonyl (C=O) groups excluding carboxylic acids is 1. The third-order valence-electron chi connectivity index (χ3n) is 3.14. The molecule has 1 atom stereocenters. The number of nitrogens with one attached hydrogen (secondary N) is 1. The number of rotatable bonds is 5. The lowest BCUT2D eigenvalue weighted by Crippen LogP contribution is -2.29. The Labute approximate surface area is 131 Å². The van der Waals surface area contributed by atoms with Crippen LogP contribution in [0.1, 0.15) is 22.0 Å². The molecule has 2 aromatic rings. The van der Waals surface area contributed by atoms with E-state index in [0.717, 1.165) is 17.0 Å². The maximum absolute atomic E-state index is 13.5. The lowest BCUT2D eigenvalue weighted by Gasteiger charge is -2.14. The minimum Gasteiger partial charge on any atom is -0.386 e. The zero-order valence-electron chi connectivity index (χ0n) is 11.8. The lowest BCUT2D eigenvalue weighted by molar-refractivity contribution is 0.0911. The van der Waals surface area contributed by atoms with Crippen LogP contribution in [0.2, 0.25) is 0 Å². The molecule has 0 radical (unpaired) electrons. The first kappa shape index (κ1) is 16.5. The van der Waals surface area contributed by atoms with Crippen LogP contribution in [0.5, 0.6) is 0 Å². The van der Waals surface area contributed by atoms with Gasteiger partial charge in [-0.3, -0.25) is 4.79 Å². The van der Waals surface area contributed by atoms with Gasteiger partial charge in [-0.1, -0.05) is 6.07 Å². The van der Waals surface area contributed by atoms with E-state index in [9.17, 15) is 18.7 Å². The molecule has 0 aliphatic carbocycles. The molecule has 0 fully saturated rings. The van der Waals surface area contributed by atoms with Gasteiger partial charge in [-0.25, -0.2) is 8.78 Å². The highest BCUT2D eigenvalue weighted by atomic mass is 32.2. The summed E-state index contributed by atoms with van der Waals surface area (Å²) in [7, 11) is 0. The van der Waals surface area contributed by atoms with Crippen molar-refractivity contribution in [2.24, 2.45) is 0 Å². The van der Waals surface area contributed by atoms with Gasteiger partial charge in [0.15, 0.2) is 0 Å². The first-order valence-corrected chi connectivity index (χ1v) is 7.79. The molecule has 0 spiro atoms. The summed E-state index contributed by atoms with van der Waals surface area (Å²) in [6, 6.07) is 10.2. The van der Waals surface area contributed by atoms with Crippen LogP contribution in [-0.2, 0) is 0 Å². The van der Waals surface area contributed by atoms with Crippen molar-refractivity contribution in [3.8, 4) is 0 Å². The molecule has 6 heteroatoms. The lowest BCUT2D eigenvalue weighted by atomic mass is 10.1. The Morgan fingerprint density at radius 2 is 1.77 bits per heavy atom. The maximum atomic E-state index is 13.5. The summed E-state index contributed by atoms with van der Waals surface area (Å²) in [5.74, 6) is -2.10. The van der Waals surface area contributed by atoms with Gasteiger partial charge < -0.3 is 10.4 Å². The highest BCUT2D eigenvalue weighted by Crippen LogP contribution is 2.20. The number of carbonyl (C=O) groups is 1. The number of aliphatic hydroxyl groups is 1. The summed E-state index contributed by atoms with van der Waals surface area (Å²) in [4.78, 5) is 13.0. The Morgan fingerprint density at radius 3 is 2.32 bits per heavy atom. The fourth-order valence-corrected chi connectivity index (χ4v) is 2.37. The molecule has 1 amide bonds. The van der Waals surface area contributed by atoms with Gasteiger partial charge in [-0.2, -0.15) is 0 Å². The molecule has 116 valence electrons. The predicted octanol–water partition coefficient (Wildman–Crippen LogP) is 3.15. The van der Waals surface area contributed by atoms with Crippen LogP contribution < -0.4 is 5.32 Å². The minimum absolute atomic E-state index is 0.277. The molecule has 1 unspecified atom stereocenters. The predicted molar refractivity (Wildman–Crippen MR) is 81.9 cm³/mol. The largest absolute Gasteiger partial charge is 0.386 e. The number of hydrogen-bond donors (Lipinski definition) is 2. The molecule has 0 aliphatic rings. The zero-order valence-corrected chi connectivity index (χ0v) is 12.7. The highest BCUT2D eigenvalue weighted by molar-refractivity contribution is 7.98. The van der Waals surface area contributed by atoms with Crippen LogP contribution in [0.4, 0.5) is 8.78 Å². The molecule has 0 saturated carbocycles. The van der Waals surface area contributed by atoms with Gasteiger partial charge in [0.2, 0.25) is 0 Å². The van der Waals surface area contributed by atoms with Crippen LogP contribution in [0.15, 0.2) is 47.4 Å². The van der Waals surface area contributed by atoms with Gasteiger partial charge in [0, 0.05) is 17.0 Å². The summed E-state index contributed by atoms with van der Waals surface area (Å²) in [6.45, 7) is -0.277. The zero-order chi connectivity index (χ0) is 16.1. The molecule has 0 aromatic heterocycles. The number of benzene rings is 2. The quantitative estimate of drug-likeness (QED) is 0.831. The second-order valence-corrected chi connectivity index (χ2v) is 5.47. The van der Waals surface area contributed by atoms with E-state index in [4.69, 9.17) is 0 Å². The average Bonchev–Trinajstić information content (AvgIpc) is 2.52. The Balaban J connectivity index is 2.01. The fraction of sp³-hybridized carbons (Fsp3) is 0.188. The second kappa shape index (κ2) is 7.38. The Kier molecular flexibility index (Phi) is 5.51. The van der Waals surface area contributed by atoms with Crippen molar-refractivity contribution in [3.63, 3.8) is 0 Å². The van der Waals surface area contributed by atoms with E-state index in [2.05, 4.69) is 5.32 Å². The van der Waals surface area contributed by atoms with Gasteiger partial charge in [0.25, 0.3) is 5.91 Å². The summed E-state index contributed by atoms with van der Waals surface area (Å²) >= 11 is 1.55. The van der Waals surface area contributed by atoms with Crippen molar-refractivity contribution in [2.45, 2.75) is 11.0 Å². The molecule has 3 nitrogen and oxygen atoms in total. The Hall–Kier alpha value is -1.92. The maximum Gasteiger partial charge on any atom is 0.251 e. The van der Waals surface area contributed by atoms with Gasteiger partial charge in [0.05, 0.1) is 5.56 Å². The smallest absolute Gasteiger partial charge is 0.251 e. The molecular weight excluding hydrogens is 308 g/mol. The first-order chi connectivity index (χ1) is 10.5. The summed E-state index contributed by atoms with van der Waals surface area (Å²) in [5.41, 5.74) is -0.0282. The van der Waals surface area contributed by atoms with E-state index in [1.807, 2.05) is 6.26 Å². The Morgan fingerprint density at radius 1 is 1.18 bits per heavy atom. The number of aliphatic hydroxyl groups excluding tert-OH is 1. The SMILES string of the molecule is CSc1ccc(C(=O)NCC(O)c2c(F)cccc2F)cc1. The molecule has 2 aromatic carbocycles. The number of thioether (sulfide) groups is 1. The Bertz CT molecular complexity index is 641. The van der Waals surface area contributed by atoms with E-state index < -0.39 is 29.2 Å². The molecule has 0 aliphatic heterocycles. The van der Waals surface area contributed by atoms with Crippen molar-refractivity contribution in [2.75, 3.05) is 12.8 Å². The molecule has 0 bridgehead atoms. The molecule has 2 rings (SSSR count). The normalized spacial score (nSPS) is 12.0. The molecule has 22 heavy (non-hydrogen) atoms. The van der Waals surface area contributed by atoms with E-state index >= 15 is 0 Å². The average molecular weight is 323 g/mol. The number of amides is 1. The minimum atomic E-state index is -1.45. The standard InChI is InChI=1S/C16H15F2NO2S/c1-22-11-7-5-10(6-8-11)16(21)19-9-14(20)15-12(17)3-2-4-13(15)18/h2-8,14,20H,9H2,1H3,(H,19,21). The topological polar surface area (TPSA) is 49.3 Å². The van der Waals surface area contributed by atoms with Crippen molar-refractivity contribution in [1.82, 2.24) is 5.32 Å². The van der Waals surface area contributed by atoms with Crippen LogP contribution >= 0.6 is 11.8 Å². The van der Waals surface area contributed by atoms with Gasteiger partial charge >= 0.3 is 0 Å². The molecule has 2 N–H and O–H groups in total. The van der Waals surface area contributed by atoms with Crippen LogP contribution in [0.3, 0.4) is 0 Å². The molecule has 0 heterocycles. The summed E-state index contributed by atoms with van der Waals surface area (Å²) in [6.07, 6.45) is 0.476. The van der Waals surface area contributed by atoms with Crippen molar-refractivity contribution in [1.29, 1.82) is 0 Å². The fourth-order valence-electron chi connectivity index (χ4n) is 1.96. The van der Waals surface area contributed by atoms with E-state index in [-0.39, 0.29) is 6.54 Å². The van der Waals surface area contributed by atoms with Crippen LogP contribution in [0.25, 0.3) is 0 Å². The summed E-state index contributed by atoms with van der Waals surface area (Å²) < 4.78 is 27.0. The van der Waals surface area contributed by atoms with Crippen molar-refractivity contribution < 1.29 is 18.7 Å². The van der Waals surface area contributed by atoms with E-state index in [1.54, 1.807) is 36.0 Å². The van der Waals surface area contributed by atoms with Crippen molar-refractivity contribution in [3.05, 3.63) is 65.2 Å². The molecule has 0 saturated heterocycles. The number of halogens is 2. The van der Waals surface area contributed by atoms with Crippen molar-refractivity contribution >= 4 is 17.7 Å². The molecular formula is C16H15F2NO2S. The number of hydrogen-bond acceptors (Lipinski definition) is 3. The van der Waals surface area contributed by atoms with Crippen LogP contribution in [-0.4, -0.2) is 23.8 Å². The first-order valence-electron chi connectivity index (χ1n) is 6.57. The van der Waals surface area contributed by atoms with E-state index in [0.29, 0.717) is 5.56 Å². The second-order valence-electron chi connectivity index (χ2n) is 4.59.